The maximum absolute atomic E-state index is 8.89. The summed E-state index contributed by atoms with van der Waals surface area (Å²) >= 11 is 0. The molecule has 0 aliphatic rings. The van der Waals surface area contributed by atoms with Gasteiger partial charge in [-0.3, -0.25) is 0 Å². The van der Waals surface area contributed by atoms with Gasteiger partial charge in [0.15, 0.2) is 0 Å². The van der Waals surface area contributed by atoms with Gasteiger partial charge in [-0.1, -0.05) is 25.8 Å². The summed E-state index contributed by atoms with van der Waals surface area (Å²) in [5, 5.41) is 8.89. The maximum Gasteiger partial charge on any atom is 0.101 e. The first-order valence-corrected chi connectivity index (χ1v) is 5.70. The molecule has 0 fully saturated rings. The first-order chi connectivity index (χ1) is 7.70. The third-order valence-electron chi connectivity index (χ3n) is 2.71. The first kappa shape index (κ1) is 12.4. The number of nitriles is 1. The lowest BCUT2D eigenvalue weighted by molar-refractivity contribution is 0.705. The summed E-state index contributed by atoms with van der Waals surface area (Å²) in [6, 6.07) is 7.69. The predicted molar refractivity (Wildman–Crippen MR) is 68.4 cm³/mol. The number of nitrogen functional groups attached to an aromatic ring is 1. The van der Waals surface area contributed by atoms with E-state index in [2.05, 4.69) is 17.9 Å². The molecule has 2 N–H and O–H groups in total. The van der Waals surface area contributed by atoms with Gasteiger partial charge in [-0.15, -0.1) is 0 Å². The highest BCUT2D eigenvalue weighted by Crippen LogP contribution is 2.25. The summed E-state index contributed by atoms with van der Waals surface area (Å²) in [6.45, 7) is 3.16. The number of nitrogens with two attached hydrogens (primary N) is 1. The Balaban J connectivity index is 2.76. The number of hydrogen-bond acceptors (Lipinski definition) is 3. The van der Waals surface area contributed by atoms with E-state index in [0.29, 0.717) is 11.3 Å². The molecular formula is C13H19N3. The van der Waals surface area contributed by atoms with E-state index in [1.165, 1.54) is 12.8 Å². The molecule has 1 rings (SSSR count). The van der Waals surface area contributed by atoms with Crippen molar-refractivity contribution in [2.45, 2.75) is 26.2 Å². The van der Waals surface area contributed by atoms with Gasteiger partial charge in [-0.05, 0) is 18.6 Å². The molecule has 0 unspecified atom stereocenters. The number of para-hydroxylation sites is 1. The van der Waals surface area contributed by atoms with Gasteiger partial charge < -0.3 is 10.6 Å². The lowest BCUT2D eigenvalue weighted by atomic mass is 10.1. The number of rotatable bonds is 5. The van der Waals surface area contributed by atoms with Gasteiger partial charge in [0.2, 0.25) is 0 Å². The minimum atomic E-state index is 0.555. The molecule has 3 nitrogen and oxygen atoms in total. The Labute approximate surface area is 97.5 Å². The molecule has 0 aliphatic carbocycles. The molecule has 0 saturated carbocycles. The third kappa shape index (κ3) is 2.90. The molecule has 0 amide bonds. The average molecular weight is 217 g/mol. The summed E-state index contributed by atoms with van der Waals surface area (Å²) in [5.74, 6) is 0. The number of anilines is 2. The van der Waals surface area contributed by atoms with Crippen LogP contribution in [0.3, 0.4) is 0 Å². The molecule has 0 bridgehead atoms. The number of unbranched alkanes of at least 4 members (excludes halogenated alkanes) is 2. The molecule has 0 spiro atoms. The third-order valence-corrected chi connectivity index (χ3v) is 2.71. The van der Waals surface area contributed by atoms with Gasteiger partial charge in [0.1, 0.15) is 6.07 Å². The van der Waals surface area contributed by atoms with E-state index in [1.807, 2.05) is 19.2 Å². The zero-order chi connectivity index (χ0) is 12.0. The SMILES string of the molecule is CCCCCN(C)c1cccc(C#N)c1N. The zero-order valence-electron chi connectivity index (χ0n) is 10.0. The first-order valence-electron chi connectivity index (χ1n) is 5.70. The van der Waals surface area contributed by atoms with Crippen LogP contribution in [-0.4, -0.2) is 13.6 Å². The van der Waals surface area contributed by atoms with E-state index in [-0.39, 0.29) is 0 Å². The van der Waals surface area contributed by atoms with E-state index >= 15 is 0 Å². The Hall–Kier alpha value is -1.69. The zero-order valence-corrected chi connectivity index (χ0v) is 10.0. The molecule has 0 atom stereocenters. The lowest BCUT2D eigenvalue weighted by Crippen LogP contribution is -2.20. The Bertz CT molecular complexity index is 379. The van der Waals surface area contributed by atoms with Crippen molar-refractivity contribution in [3.05, 3.63) is 23.8 Å². The summed E-state index contributed by atoms with van der Waals surface area (Å²) in [6.07, 6.45) is 3.59. The van der Waals surface area contributed by atoms with Crippen molar-refractivity contribution < 1.29 is 0 Å². The second-order valence-electron chi connectivity index (χ2n) is 3.98. The molecule has 3 heteroatoms. The van der Waals surface area contributed by atoms with Crippen LogP contribution in [0.15, 0.2) is 18.2 Å². The fourth-order valence-corrected chi connectivity index (χ4v) is 1.70. The van der Waals surface area contributed by atoms with Crippen LogP contribution in [0.4, 0.5) is 11.4 Å². The smallest absolute Gasteiger partial charge is 0.101 e. The molecule has 1 aromatic carbocycles. The van der Waals surface area contributed by atoms with E-state index < -0.39 is 0 Å². The highest BCUT2D eigenvalue weighted by atomic mass is 15.1. The van der Waals surface area contributed by atoms with Gasteiger partial charge in [0.05, 0.1) is 16.9 Å². The summed E-state index contributed by atoms with van der Waals surface area (Å²) < 4.78 is 0. The summed E-state index contributed by atoms with van der Waals surface area (Å²) in [4.78, 5) is 2.12. The van der Waals surface area contributed by atoms with Gasteiger partial charge >= 0.3 is 0 Å². The molecule has 86 valence electrons. The number of nitrogens with zero attached hydrogens (tertiary/aromatic N) is 2. The monoisotopic (exact) mass is 217 g/mol. The van der Waals surface area contributed by atoms with Crippen LogP contribution < -0.4 is 10.6 Å². The van der Waals surface area contributed by atoms with Gasteiger partial charge in [-0.2, -0.15) is 5.26 Å². The predicted octanol–water partition coefficient (Wildman–Crippen LogP) is 2.77. The Kier molecular flexibility index (Phi) is 4.65. The fourth-order valence-electron chi connectivity index (χ4n) is 1.70. The van der Waals surface area contributed by atoms with Crippen LogP contribution >= 0.6 is 0 Å². The quantitative estimate of drug-likeness (QED) is 0.609. The van der Waals surface area contributed by atoms with Crippen molar-refractivity contribution in [1.29, 1.82) is 5.26 Å². The second-order valence-corrected chi connectivity index (χ2v) is 3.98. The highest BCUT2D eigenvalue weighted by Gasteiger charge is 2.07. The van der Waals surface area contributed by atoms with Crippen LogP contribution in [0.5, 0.6) is 0 Å². The maximum atomic E-state index is 8.89. The number of benzene rings is 1. The summed E-state index contributed by atoms with van der Waals surface area (Å²) in [7, 11) is 2.02. The van der Waals surface area contributed by atoms with E-state index in [9.17, 15) is 0 Å². The molecule has 1 aromatic rings. The molecule has 0 aliphatic heterocycles. The van der Waals surface area contributed by atoms with Crippen LogP contribution in [0, 0.1) is 11.3 Å². The normalized spacial score (nSPS) is 9.81. The van der Waals surface area contributed by atoms with Crippen molar-refractivity contribution >= 4 is 11.4 Å². The van der Waals surface area contributed by atoms with Crippen molar-refractivity contribution in [3.8, 4) is 6.07 Å². The summed E-state index contributed by atoms with van der Waals surface area (Å²) in [5.41, 5.74) is 8.03. The van der Waals surface area contributed by atoms with Crippen LogP contribution in [0.1, 0.15) is 31.7 Å². The van der Waals surface area contributed by atoms with Crippen LogP contribution in [0.2, 0.25) is 0 Å². The Morgan fingerprint density at radius 2 is 2.12 bits per heavy atom. The van der Waals surface area contributed by atoms with Gasteiger partial charge in [0, 0.05) is 13.6 Å². The molecular weight excluding hydrogens is 198 g/mol. The topological polar surface area (TPSA) is 53.0 Å². The lowest BCUT2D eigenvalue weighted by Gasteiger charge is -2.21. The van der Waals surface area contributed by atoms with E-state index in [0.717, 1.165) is 18.7 Å². The second kappa shape index (κ2) is 6.02. The van der Waals surface area contributed by atoms with E-state index in [1.54, 1.807) is 6.07 Å². The molecule has 0 saturated heterocycles. The van der Waals surface area contributed by atoms with Gasteiger partial charge in [-0.25, -0.2) is 0 Å². The molecule has 0 radical (unpaired) electrons. The largest absolute Gasteiger partial charge is 0.396 e. The van der Waals surface area contributed by atoms with Crippen molar-refractivity contribution in [3.63, 3.8) is 0 Å². The highest BCUT2D eigenvalue weighted by molar-refractivity contribution is 5.73. The van der Waals surface area contributed by atoms with Crippen molar-refractivity contribution in [2.24, 2.45) is 0 Å². The number of hydrogen-bond donors (Lipinski definition) is 1. The molecule has 16 heavy (non-hydrogen) atoms. The van der Waals surface area contributed by atoms with Crippen molar-refractivity contribution in [2.75, 3.05) is 24.2 Å². The van der Waals surface area contributed by atoms with Crippen molar-refractivity contribution in [1.82, 2.24) is 0 Å². The van der Waals surface area contributed by atoms with Crippen LogP contribution in [0.25, 0.3) is 0 Å². The minimum absolute atomic E-state index is 0.555. The molecule has 0 aromatic heterocycles. The van der Waals surface area contributed by atoms with Gasteiger partial charge in [0.25, 0.3) is 0 Å². The molecule has 0 heterocycles. The standard InChI is InChI=1S/C13H19N3/c1-3-4-5-9-16(2)12-8-6-7-11(10-14)13(12)15/h6-8H,3-5,9,15H2,1-2H3. The fraction of sp³-hybridized carbons (Fsp3) is 0.462. The average Bonchev–Trinajstić information content (AvgIpc) is 2.29. The minimum Gasteiger partial charge on any atom is -0.396 e. The Morgan fingerprint density at radius 3 is 2.75 bits per heavy atom. The van der Waals surface area contributed by atoms with E-state index in [4.69, 9.17) is 11.0 Å². The van der Waals surface area contributed by atoms with Crippen LogP contribution in [-0.2, 0) is 0 Å². The Morgan fingerprint density at radius 1 is 1.38 bits per heavy atom.